The van der Waals surface area contributed by atoms with E-state index in [-0.39, 0.29) is 11.7 Å². The first-order valence-corrected chi connectivity index (χ1v) is 15.0. The van der Waals surface area contributed by atoms with Crippen LogP contribution in [0.5, 0.6) is 0 Å². The van der Waals surface area contributed by atoms with Crippen molar-refractivity contribution in [3.05, 3.63) is 163 Å². The van der Waals surface area contributed by atoms with E-state index in [1.165, 1.54) is 14.7 Å². The molecule has 0 heterocycles. The monoisotopic (exact) mass is 548 g/mol. The van der Waals surface area contributed by atoms with Gasteiger partial charge in [0.1, 0.15) is 3.41 Å². The third kappa shape index (κ3) is 6.82. The highest BCUT2D eigenvalue weighted by Crippen LogP contribution is 2.63. The van der Waals surface area contributed by atoms with Gasteiger partial charge in [0.2, 0.25) is 0 Å². The molecule has 0 fully saturated rings. The molecule has 1 nitrogen and oxygen atoms in total. The summed E-state index contributed by atoms with van der Waals surface area (Å²) in [4.78, 5) is 17.3. The minimum absolute atomic E-state index is 0.0861. The highest BCUT2D eigenvalue weighted by atomic mass is 32.3. The summed E-state index contributed by atoms with van der Waals surface area (Å²) in [6.45, 7) is 0. The van der Waals surface area contributed by atoms with E-state index in [1.54, 1.807) is 0 Å². The van der Waals surface area contributed by atoms with Gasteiger partial charge in [-0.05, 0) is 42.0 Å². The lowest BCUT2D eigenvalue weighted by Crippen LogP contribution is -2.28. The summed E-state index contributed by atoms with van der Waals surface area (Å²) < 4.78 is -0.476. The standard InChI is InChI=1S/C34H28OS3/c35-33(28-18-8-2-9-19-28)26-32(27-16-6-1-7-17-27)34(36-29-20-10-3-11-21-29,37-30-22-12-4-13-23-30)38-31-24-14-5-15-25-31/h1-25,32H,26H2/t32-/m0/s1. The van der Waals surface area contributed by atoms with Crippen molar-refractivity contribution in [3.8, 4) is 0 Å². The molecule has 38 heavy (non-hydrogen) atoms. The molecule has 0 aliphatic rings. The van der Waals surface area contributed by atoms with Gasteiger partial charge in [0.15, 0.2) is 5.78 Å². The number of ketones is 1. The van der Waals surface area contributed by atoms with Crippen LogP contribution in [0.3, 0.4) is 0 Å². The maximum Gasteiger partial charge on any atom is 0.163 e. The Kier molecular flexibility index (Phi) is 9.08. The molecule has 4 heteroatoms. The van der Waals surface area contributed by atoms with Crippen LogP contribution in [0.2, 0.25) is 0 Å². The highest BCUT2D eigenvalue weighted by molar-refractivity contribution is 8.33. The summed E-state index contributed by atoms with van der Waals surface area (Å²) in [5.41, 5.74) is 1.91. The largest absolute Gasteiger partial charge is 0.294 e. The minimum Gasteiger partial charge on any atom is -0.294 e. The molecule has 5 aromatic carbocycles. The number of carbonyl (C=O) groups excluding carboxylic acids is 1. The number of carbonyl (C=O) groups is 1. The zero-order chi connectivity index (χ0) is 26.0. The summed E-state index contributed by atoms with van der Waals surface area (Å²) in [5, 5.41) is 0. The number of thioether (sulfide) groups is 3. The van der Waals surface area contributed by atoms with Gasteiger partial charge in [-0.1, -0.05) is 151 Å². The zero-order valence-corrected chi connectivity index (χ0v) is 23.3. The summed E-state index contributed by atoms with van der Waals surface area (Å²) in [6, 6.07) is 51.8. The van der Waals surface area contributed by atoms with Crippen LogP contribution < -0.4 is 0 Å². The molecule has 0 aliphatic carbocycles. The van der Waals surface area contributed by atoms with E-state index >= 15 is 0 Å². The van der Waals surface area contributed by atoms with Gasteiger partial charge in [0.25, 0.3) is 0 Å². The van der Waals surface area contributed by atoms with E-state index in [9.17, 15) is 4.79 Å². The van der Waals surface area contributed by atoms with Crippen LogP contribution in [0.15, 0.2) is 166 Å². The number of hydrogen-bond acceptors (Lipinski definition) is 4. The summed E-state index contributed by atoms with van der Waals surface area (Å²) in [7, 11) is 0. The minimum atomic E-state index is -0.476. The average Bonchev–Trinajstić information content (AvgIpc) is 2.98. The topological polar surface area (TPSA) is 17.1 Å². The summed E-state index contributed by atoms with van der Waals surface area (Å²) in [5.74, 6) is 0.0665. The number of Topliss-reactive ketones (excluding diaryl/α,β-unsaturated/α-hetero) is 1. The van der Waals surface area contributed by atoms with Gasteiger partial charge in [-0.2, -0.15) is 0 Å². The lowest BCUT2D eigenvalue weighted by Gasteiger charge is -2.39. The van der Waals surface area contributed by atoms with Crippen molar-refractivity contribution in [2.24, 2.45) is 0 Å². The van der Waals surface area contributed by atoms with Gasteiger partial charge in [-0.3, -0.25) is 4.79 Å². The molecule has 0 saturated carbocycles. The van der Waals surface area contributed by atoms with E-state index in [1.807, 2.05) is 89.9 Å². The molecule has 0 bridgehead atoms. The Labute approximate surface area is 238 Å². The van der Waals surface area contributed by atoms with Crippen LogP contribution in [0.25, 0.3) is 0 Å². The highest BCUT2D eigenvalue weighted by Gasteiger charge is 2.44. The predicted molar refractivity (Wildman–Crippen MR) is 164 cm³/mol. The van der Waals surface area contributed by atoms with Gasteiger partial charge in [-0.25, -0.2) is 0 Å². The fourth-order valence-corrected chi connectivity index (χ4v) is 9.48. The molecule has 5 aromatic rings. The third-order valence-corrected chi connectivity index (χ3v) is 10.9. The van der Waals surface area contributed by atoms with Gasteiger partial charge >= 0.3 is 0 Å². The quantitative estimate of drug-likeness (QED) is 0.0927. The van der Waals surface area contributed by atoms with Crippen molar-refractivity contribution in [1.82, 2.24) is 0 Å². The summed E-state index contributed by atoms with van der Waals surface area (Å²) in [6.07, 6.45) is 0.396. The average molecular weight is 549 g/mol. The van der Waals surface area contributed by atoms with Crippen molar-refractivity contribution >= 4 is 41.1 Å². The van der Waals surface area contributed by atoms with Crippen LogP contribution >= 0.6 is 35.3 Å². The van der Waals surface area contributed by atoms with Crippen LogP contribution in [-0.4, -0.2) is 9.19 Å². The molecule has 188 valence electrons. The summed E-state index contributed by atoms with van der Waals surface area (Å²) >= 11 is 5.52. The van der Waals surface area contributed by atoms with E-state index in [2.05, 4.69) is 97.1 Å². The molecule has 0 aromatic heterocycles. The normalized spacial score (nSPS) is 12.1. The van der Waals surface area contributed by atoms with Gasteiger partial charge < -0.3 is 0 Å². The Bertz CT molecular complexity index is 1310. The van der Waals surface area contributed by atoms with E-state index < -0.39 is 3.41 Å². The fourth-order valence-electron chi connectivity index (χ4n) is 4.29. The van der Waals surface area contributed by atoms with E-state index in [4.69, 9.17) is 0 Å². The molecular formula is C34H28OS3. The van der Waals surface area contributed by atoms with Gasteiger partial charge in [0, 0.05) is 32.6 Å². The lowest BCUT2D eigenvalue weighted by molar-refractivity contribution is 0.0974. The number of benzene rings is 5. The predicted octanol–water partition coefficient (Wildman–Crippen LogP) is 10.1. The molecule has 5 rings (SSSR count). The van der Waals surface area contributed by atoms with E-state index in [0.717, 1.165) is 11.1 Å². The van der Waals surface area contributed by atoms with Crippen LogP contribution in [-0.2, 0) is 0 Å². The Morgan fingerprint density at radius 3 is 1.24 bits per heavy atom. The maximum atomic E-state index is 13.8. The second-order valence-corrected chi connectivity index (χ2v) is 13.5. The SMILES string of the molecule is O=C(C[C@@H](c1ccccc1)C(Sc1ccccc1)(Sc1ccccc1)Sc1ccccc1)c1ccccc1. The molecule has 0 N–H and O–H groups in total. The Morgan fingerprint density at radius 2 is 0.842 bits per heavy atom. The Morgan fingerprint density at radius 1 is 0.500 bits per heavy atom. The first-order valence-electron chi connectivity index (χ1n) is 12.6. The second kappa shape index (κ2) is 13.1. The van der Waals surface area contributed by atoms with Crippen molar-refractivity contribution in [2.45, 2.75) is 30.4 Å². The van der Waals surface area contributed by atoms with E-state index in [0.29, 0.717) is 6.42 Å². The van der Waals surface area contributed by atoms with Crippen molar-refractivity contribution < 1.29 is 4.79 Å². The first kappa shape index (κ1) is 26.4. The van der Waals surface area contributed by atoms with Crippen LogP contribution in [0.1, 0.15) is 28.3 Å². The maximum absolute atomic E-state index is 13.8. The molecular weight excluding hydrogens is 521 g/mol. The molecule has 0 spiro atoms. The molecule has 0 saturated heterocycles. The molecule has 0 radical (unpaired) electrons. The van der Waals surface area contributed by atoms with Crippen LogP contribution in [0, 0.1) is 0 Å². The fraction of sp³-hybridized carbons (Fsp3) is 0.0882. The smallest absolute Gasteiger partial charge is 0.163 e. The van der Waals surface area contributed by atoms with Crippen molar-refractivity contribution in [2.75, 3.05) is 0 Å². The number of hydrogen-bond donors (Lipinski definition) is 0. The molecule has 0 amide bonds. The molecule has 0 aliphatic heterocycles. The van der Waals surface area contributed by atoms with Crippen molar-refractivity contribution in [1.29, 1.82) is 0 Å². The molecule has 0 unspecified atom stereocenters. The van der Waals surface area contributed by atoms with Gasteiger partial charge in [-0.15, -0.1) is 0 Å². The lowest BCUT2D eigenvalue weighted by atomic mass is 9.92. The zero-order valence-electron chi connectivity index (χ0n) is 20.9. The second-order valence-electron chi connectivity index (χ2n) is 8.81. The third-order valence-electron chi connectivity index (χ3n) is 6.12. The van der Waals surface area contributed by atoms with Gasteiger partial charge in [0.05, 0.1) is 0 Å². The first-order chi connectivity index (χ1) is 18.7. The van der Waals surface area contributed by atoms with Crippen LogP contribution in [0.4, 0.5) is 0 Å². The molecule has 1 atom stereocenters. The van der Waals surface area contributed by atoms with Crippen molar-refractivity contribution in [3.63, 3.8) is 0 Å². The Hall–Kier alpha value is -3.18. The number of rotatable bonds is 11. The Balaban J connectivity index is 1.68.